The van der Waals surface area contributed by atoms with Crippen molar-refractivity contribution in [3.8, 4) is 0 Å². The fourth-order valence-electron chi connectivity index (χ4n) is 2.05. The van der Waals surface area contributed by atoms with Crippen LogP contribution in [0, 0.1) is 6.92 Å². The third kappa shape index (κ3) is 4.15. The van der Waals surface area contributed by atoms with Gasteiger partial charge in [0, 0.05) is 20.1 Å². The van der Waals surface area contributed by atoms with E-state index in [0.29, 0.717) is 6.61 Å². The molecule has 0 atom stereocenters. The Morgan fingerprint density at radius 2 is 1.89 bits per heavy atom. The smallest absolute Gasteiger partial charge is 0.0888 e. The number of aromatic nitrogens is 1. The molecule has 0 saturated carbocycles. The summed E-state index contributed by atoms with van der Waals surface area (Å²) in [7, 11) is -0.995. The van der Waals surface area contributed by atoms with E-state index in [9.17, 15) is 0 Å². The molecule has 1 aromatic carbocycles. The quantitative estimate of drug-likeness (QED) is 0.595. The molecule has 102 valence electrons. The first-order chi connectivity index (χ1) is 8.96. The van der Waals surface area contributed by atoms with Crippen molar-refractivity contribution < 1.29 is 4.74 Å². The third-order valence-corrected chi connectivity index (χ3v) is 4.93. The Kier molecular flexibility index (Phi) is 4.37. The summed E-state index contributed by atoms with van der Waals surface area (Å²) in [4.78, 5) is 4.66. The minimum atomic E-state index is -0.995. The van der Waals surface area contributed by atoms with E-state index in [4.69, 9.17) is 4.74 Å². The van der Waals surface area contributed by atoms with Crippen LogP contribution in [0.5, 0.6) is 0 Å². The van der Waals surface area contributed by atoms with Crippen molar-refractivity contribution in [2.45, 2.75) is 39.2 Å². The van der Waals surface area contributed by atoms with Gasteiger partial charge in [-0.3, -0.25) is 4.98 Å². The Labute approximate surface area is 116 Å². The summed E-state index contributed by atoms with van der Waals surface area (Å²) >= 11 is 0. The zero-order valence-electron chi connectivity index (χ0n) is 12.4. The van der Waals surface area contributed by atoms with Crippen molar-refractivity contribution in [3.05, 3.63) is 41.6 Å². The number of fused-ring (bicyclic) bond motifs is 1. The number of rotatable bonds is 5. The molecule has 19 heavy (non-hydrogen) atoms. The van der Waals surface area contributed by atoms with Gasteiger partial charge in [-0.1, -0.05) is 37.8 Å². The van der Waals surface area contributed by atoms with Gasteiger partial charge in [0.15, 0.2) is 0 Å². The van der Waals surface area contributed by atoms with Gasteiger partial charge < -0.3 is 4.74 Å². The molecule has 0 N–H and O–H groups in total. The summed E-state index contributed by atoms with van der Waals surface area (Å²) in [6, 6.07) is 11.6. The fourth-order valence-corrected chi connectivity index (χ4v) is 2.80. The largest absolute Gasteiger partial charge is 0.375 e. The molecule has 0 fully saturated rings. The summed E-state index contributed by atoms with van der Waals surface area (Å²) in [5.74, 6) is 0. The minimum Gasteiger partial charge on any atom is -0.375 e. The molecule has 0 aliphatic heterocycles. The molecule has 2 rings (SSSR count). The Morgan fingerprint density at radius 3 is 2.63 bits per heavy atom. The van der Waals surface area contributed by atoms with Crippen molar-refractivity contribution in [2.75, 3.05) is 6.61 Å². The SMILES string of the molecule is Cc1cc(COCC[Si](C)(C)C)nc2ccccc12. The highest BCUT2D eigenvalue weighted by atomic mass is 28.3. The van der Waals surface area contributed by atoms with Gasteiger partial charge in [-0.05, 0) is 30.7 Å². The number of hydrogen-bond donors (Lipinski definition) is 0. The van der Waals surface area contributed by atoms with Crippen LogP contribution < -0.4 is 0 Å². The Balaban J connectivity index is 2.01. The Morgan fingerprint density at radius 1 is 1.16 bits per heavy atom. The lowest BCUT2D eigenvalue weighted by molar-refractivity contribution is 0.130. The van der Waals surface area contributed by atoms with Crippen LogP contribution in [-0.4, -0.2) is 19.7 Å². The Bertz CT molecular complexity index is 560. The lowest BCUT2D eigenvalue weighted by Crippen LogP contribution is -2.21. The van der Waals surface area contributed by atoms with Gasteiger partial charge in [0.25, 0.3) is 0 Å². The third-order valence-electron chi connectivity index (χ3n) is 3.22. The second kappa shape index (κ2) is 5.84. The second-order valence-corrected chi connectivity index (χ2v) is 11.9. The first-order valence-corrected chi connectivity index (χ1v) is 10.6. The van der Waals surface area contributed by atoms with Gasteiger partial charge in [-0.2, -0.15) is 0 Å². The lowest BCUT2D eigenvalue weighted by Gasteiger charge is -2.15. The van der Waals surface area contributed by atoms with Gasteiger partial charge in [0.1, 0.15) is 0 Å². The van der Waals surface area contributed by atoms with Crippen LogP contribution in [0.3, 0.4) is 0 Å². The van der Waals surface area contributed by atoms with E-state index in [1.54, 1.807) is 0 Å². The van der Waals surface area contributed by atoms with Gasteiger partial charge in [-0.25, -0.2) is 0 Å². The maximum atomic E-state index is 5.77. The van der Waals surface area contributed by atoms with E-state index in [1.165, 1.54) is 17.0 Å². The van der Waals surface area contributed by atoms with E-state index in [2.05, 4.69) is 55.8 Å². The summed E-state index contributed by atoms with van der Waals surface area (Å²) in [6.45, 7) is 10.7. The maximum absolute atomic E-state index is 5.77. The molecule has 2 aromatic rings. The molecule has 1 aromatic heterocycles. The molecule has 0 aliphatic carbocycles. The monoisotopic (exact) mass is 273 g/mol. The van der Waals surface area contributed by atoms with Crippen LogP contribution in [0.1, 0.15) is 11.3 Å². The van der Waals surface area contributed by atoms with E-state index < -0.39 is 8.07 Å². The van der Waals surface area contributed by atoms with Gasteiger partial charge in [0.05, 0.1) is 17.8 Å². The predicted molar refractivity (Wildman–Crippen MR) is 84.3 cm³/mol. The number of hydrogen-bond acceptors (Lipinski definition) is 2. The second-order valence-electron chi connectivity index (χ2n) is 6.31. The van der Waals surface area contributed by atoms with Crippen molar-refractivity contribution in [1.82, 2.24) is 4.98 Å². The molecule has 0 aliphatic rings. The average molecular weight is 273 g/mol. The van der Waals surface area contributed by atoms with Crippen LogP contribution in [-0.2, 0) is 11.3 Å². The molecule has 0 amide bonds. The van der Waals surface area contributed by atoms with Crippen LogP contribution in [0.15, 0.2) is 30.3 Å². The average Bonchev–Trinajstić information content (AvgIpc) is 2.34. The highest BCUT2D eigenvalue weighted by molar-refractivity contribution is 6.76. The highest BCUT2D eigenvalue weighted by Gasteiger charge is 2.12. The highest BCUT2D eigenvalue weighted by Crippen LogP contribution is 2.18. The summed E-state index contributed by atoms with van der Waals surface area (Å²) < 4.78 is 5.77. The molecule has 0 unspecified atom stereocenters. The summed E-state index contributed by atoms with van der Waals surface area (Å²) in [5, 5.41) is 1.23. The zero-order valence-corrected chi connectivity index (χ0v) is 13.4. The van der Waals surface area contributed by atoms with Crippen molar-refractivity contribution in [3.63, 3.8) is 0 Å². The van der Waals surface area contributed by atoms with Crippen LogP contribution in [0.25, 0.3) is 10.9 Å². The number of ether oxygens (including phenoxy) is 1. The topological polar surface area (TPSA) is 22.1 Å². The minimum absolute atomic E-state index is 0.621. The molecule has 0 saturated heterocycles. The molecule has 0 spiro atoms. The number of para-hydroxylation sites is 1. The molecule has 3 heteroatoms. The first-order valence-electron chi connectivity index (χ1n) is 6.89. The number of benzene rings is 1. The maximum Gasteiger partial charge on any atom is 0.0888 e. The van der Waals surface area contributed by atoms with Gasteiger partial charge >= 0.3 is 0 Å². The standard InChI is InChI=1S/C16H23NOSi/c1-13-11-14(12-18-9-10-19(2,3)4)17-16-8-6-5-7-15(13)16/h5-8,11H,9-10,12H2,1-4H3. The summed E-state index contributed by atoms with van der Waals surface area (Å²) in [5.41, 5.74) is 3.37. The molecule has 0 bridgehead atoms. The fraction of sp³-hybridized carbons (Fsp3) is 0.438. The van der Waals surface area contributed by atoms with Gasteiger partial charge in [0.2, 0.25) is 0 Å². The van der Waals surface area contributed by atoms with Crippen LogP contribution >= 0.6 is 0 Å². The molecule has 1 heterocycles. The normalized spacial score (nSPS) is 12.0. The van der Waals surface area contributed by atoms with E-state index in [-0.39, 0.29) is 0 Å². The molecule has 0 radical (unpaired) electrons. The number of aryl methyl sites for hydroxylation is 1. The van der Waals surface area contributed by atoms with E-state index >= 15 is 0 Å². The van der Waals surface area contributed by atoms with Gasteiger partial charge in [-0.15, -0.1) is 0 Å². The molecular weight excluding hydrogens is 250 g/mol. The van der Waals surface area contributed by atoms with Crippen molar-refractivity contribution in [2.24, 2.45) is 0 Å². The zero-order chi connectivity index (χ0) is 13.9. The van der Waals surface area contributed by atoms with Crippen molar-refractivity contribution in [1.29, 1.82) is 0 Å². The molecular formula is C16H23NOSi. The predicted octanol–water partition coefficient (Wildman–Crippen LogP) is 4.40. The van der Waals surface area contributed by atoms with Crippen molar-refractivity contribution >= 4 is 19.0 Å². The lowest BCUT2D eigenvalue weighted by atomic mass is 10.1. The van der Waals surface area contributed by atoms with Crippen LogP contribution in [0.4, 0.5) is 0 Å². The van der Waals surface area contributed by atoms with E-state index in [1.807, 2.05) is 6.07 Å². The number of pyridine rings is 1. The van der Waals surface area contributed by atoms with Crippen LogP contribution in [0.2, 0.25) is 25.7 Å². The number of nitrogens with zero attached hydrogens (tertiary/aromatic N) is 1. The Hall–Kier alpha value is -1.19. The molecule has 2 nitrogen and oxygen atoms in total. The summed E-state index contributed by atoms with van der Waals surface area (Å²) in [6.07, 6.45) is 0. The van der Waals surface area contributed by atoms with E-state index in [0.717, 1.165) is 17.8 Å². The first kappa shape index (κ1) is 14.2.